The van der Waals surface area contributed by atoms with Crippen LogP contribution < -0.4 is 16.1 Å². The summed E-state index contributed by atoms with van der Waals surface area (Å²) in [7, 11) is -1.02. The molecule has 8 heteroatoms. The maximum Gasteiger partial charge on any atom is 0.491 e. The van der Waals surface area contributed by atoms with Crippen molar-refractivity contribution in [1.82, 2.24) is 10.6 Å². The van der Waals surface area contributed by atoms with E-state index in [-0.39, 0.29) is 24.0 Å². The first kappa shape index (κ1) is 14.8. The Morgan fingerprint density at radius 3 is 2.80 bits per heavy atom. The van der Waals surface area contributed by atoms with E-state index in [1.807, 2.05) is 0 Å². The Hall–Kier alpha value is -1.57. The lowest BCUT2D eigenvalue weighted by Crippen LogP contribution is -2.35. The number of amides is 2. The third kappa shape index (κ3) is 3.30. The topological polar surface area (TPSA) is 87.7 Å². The SMILES string of the molecule is CC(=O)NCCNC(=O)c1cc2c(cc1Cl)COB2O. The molecule has 0 saturated carbocycles. The lowest BCUT2D eigenvalue weighted by Gasteiger charge is -2.09. The van der Waals surface area contributed by atoms with Crippen molar-refractivity contribution in [2.75, 3.05) is 13.1 Å². The number of fused-ring (bicyclic) bond motifs is 1. The molecule has 0 spiro atoms. The summed E-state index contributed by atoms with van der Waals surface area (Å²) in [5.74, 6) is -0.516. The third-order valence-electron chi connectivity index (χ3n) is 2.92. The normalized spacial score (nSPS) is 13.1. The number of hydrogen-bond donors (Lipinski definition) is 3. The molecule has 2 rings (SSSR count). The maximum absolute atomic E-state index is 12.0. The number of hydrogen-bond acceptors (Lipinski definition) is 4. The number of halogens is 1. The molecule has 3 N–H and O–H groups in total. The Morgan fingerprint density at radius 2 is 2.10 bits per heavy atom. The van der Waals surface area contributed by atoms with E-state index in [1.54, 1.807) is 6.07 Å². The monoisotopic (exact) mass is 296 g/mol. The molecular weight excluding hydrogens is 282 g/mol. The zero-order valence-corrected chi connectivity index (χ0v) is 11.7. The summed E-state index contributed by atoms with van der Waals surface area (Å²) in [4.78, 5) is 22.7. The van der Waals surface area contributed by atoms with Crippen molar-refractivity contribution in [3.63, 3.8) is 0 Å². The fraction of sp³-hybridized carbons (Fsp3) is 0.333. The van der Waals surface area contributed by atoms with E-state index in [2.05, 4.69) is 10.6 Å². The second-order valence-electron chi connectivity index (χ2n) is 4.43. The van der Waals surface area contributed by atoms with E-state index in [4.69, 9.17) is 16.3 Å². The first-order valence-corrected chi connectivity index (χ1v) is 6.51. The van der Waals surface area contributed by atoms with Gasteiger partial charge in [-0.2, -0.15) is 0 Å². The molecule has 20 heavy (non-hydrogen) atoms. The van der Waals surface area contributed by atoms with E-state index in [1.165, 1.54) is 13.0 Å². The number of carbonyl (C=O) groups is 2. The second kappa shape index (κ2) is 6.26. The summed E-state index contributed by atoms with van der Waals surface area (Å²) in [5, 5.41) is 15.1. The Morgan fingerprint density at radius 1 is 1.40 bits per heavy atom. The predicted octanol–water partition coefficient (Wildman–Crippen LogP) is -0.576. The highest BCUT2D eigenvalue weighted by molar-refractivity contribution is 6.61. The van der Waals surface area contributed by atoms with Crippen LogP contribution in [0.4, 0.5) is 0 Å². The van der Waals surface area contributed by atoms with E-state index < -0.39 is 7.12 Å². The van der Waals surface area contributed by atoms with Crippen LogP contribution in [0.3, 0.4) is 0 Å². The van der Waals surface area contributed by atoms with E-state index in [0.717, 1.165) is 5.56 Å². The van der Waals surface area contributed by atoms with Crippen molar-refractivity contribution in [3.05, 3.63) is 28.3 Å². The molecule has 0 aromatic heterocycles. The standard InChI is InChI=1S/C12H14BClN2O4/c1-7(17)15-2-3-16-12(18)9-5-10-8(4-11(9)14)6-20-13(10)19/h4-5,19H,2-3,6H2,1H3,(H,15,17)(H,16,18). The molecular formula is C12H14BClN2O4. The van der Waals surface area contributed by atoms with Gasteiger partial charge in [-0.3, -0.25) is 9.59 Å². The molecule has 6 nitrogen and oxygen atoms in total. The van der Waals surface area contributed by atoms with Crippen LogP contribution >= 0.6 is 11.6 Å². The predicted molar refractivity (Wildman–Crippen MR) is 74.9 cm³/mol. The van der Waals surface area contributed by atoms with Gasteiger partial charge >= 0.3 is 7.12 Å². The first-order valence-electron chi connectivity index (χ1n) is 6.13. The smallest absolute Gasteiger partial charge is 0.423 e. The quantitative estimate of drug-likeness (QED) is 0.513. The summed E-state index contributed by atoms with van der Waals surface area (Å²) in [6, 6.07) is 3.15. The van der Waals surface area contributed by atoms with Gasteiger partial charge in [0.1, 0.15) is 0 Å². The van der Waals surface area contributed by atoms with Gasteiger partial charge in [-0.1, -0.05) is 11.6 Å². The molecule has 1 heterocycles. The number of rotatable bonds is 4. The zero-order chi connectivity index (χ0) is 14.7. The fourth-order valence-electron chi connectivity index (χ4n) is 1.93. The van der Waals surface area contributed by atoms with Crippen LogP contribution in [0.25, 0.3) is 0 Å². The molecule has 106 valence electrons. The highest BCUT2D eigenvalue weighted by Gasteiger charge is 2.29. The summed E-state index contributed by atoms with van der Waals surface area (Å²) in [5.41, 5.74) is 1.61. The fourth-order valence-corrected chi connectivity index (χ4v) is 2.20. The Labute approximate surface area is 121 Å². The van der Waals surface area contributed by atoms with Gasteiger partial charge < -0.3 is 20.3 Å². The van der Waals surface area contributed by atoms with Gasteiger partial charge in [0.2, 0.25) is 5.91 Å². The Balaban J connectivity index is 2.03. The van der Waals surface area contributed by atoms with Crippen LogP contribution in [-0.4, -0.2) is 37.0 Å². The van der Waals surface area contributed by atoms with Crippen molar-refractivity contribution in [1.29, 1.82) is 0 Å². The maximum atomic E-state index is 12.0. The minimum Gasteiger partial charge on any atom is -0.423 e. The van der Waals surface area contributed by atoms with Gasteiger partial charge in [-0.15, -0.1) is 0 Å². The molecule has 0 radical (unpaired) electrons. The Kier molecular flexibility index (Phi) is 4.64. The molecule has 0 bridgehead atoms. The molecule has 0 fully saturated rings. The van der Waals surface area contributed by atoms with Crippen molar-refractivity contribution < 1.29 is 19.3 Å². The van der Waals surface area contributed by atoms with Crippen molar-refractivity contribution in [2.24, 2.45) is 0 Å². The van der Waals surface area contributed by atoms with Gasteiger partial charge in [0.25, 0.3) is 5.91 Å². The van der Waals surface area contributed by atoms with Crippen LogP contribution in [0, 0.1) is 0 Å². The highest BCUT2D eigenvalue weighted by atomic mass is 35.5. The summed E-state index contributed by atoms with van der Waals surface area (Å²) in [6.07, 6.45) is 0. The molecule has 1 aliphatic rings. The summed E-state index contributed by atoms with van der Waals surface area (Å²) < 4.78 is 5.06. The Bertz CT molecular complexity index is 553. The average Bonchev–Trinajstić information content (AvgIpc) is 2.74. The molecule has 0 saturated heterocycles. The minimum absolute atomic E-state index is 0.157. The third-order valence-corrected chi connectivity index (χ3v) is 3.23. The van der Waals surface area contributed by atoms with E-state index in [0.29, 0.717) is 23.6 Å². The van der Waals surface area contributed by atoms with Crippen molar-refractivity contribution >= 4 is 36.0 Å². The average molecular weight is 297 g/mol. The van der Waals surface area contributed by atoms with Gasteiger partial charge in [-0.25, -0.2) is 0 Å². The van der Waals surface area contributed by atoms with Crippen molar-refractivity contribution in [2.45, 2.75) is 13.5 Å². The van der Waals surface area contributed by atoms with Crippen LogP contribution in [0.2, 0.25) is 5.02 Å². The first-order chi connectivity index (χ1) is 9.49. The molecule has 0 atom stereocenters. The summed E-state index contributed by atoms with van der Waals surface area (Å²) >= 11 is 6.05. The van der Waals surface area contributed by atoms with Gasteiger partial charge in [0, 0.05) is 20.0 Å². The van der Waals surface area contributed by atoms with Crippen molar-refractivity contribution in [3.8, 4) is 0 Å². The van der Waals surface area contributed by atoms with Crippen LogP contribution in [0.15, 0.2) is 12.1 Å². The van der Waals surface area contributed by atoms with E-state index in [9.17, 15) is 14.6 Å². The lowest BCUT2D eigenvalue weighted by atomic mass is 9.78. The van der Waals surface area contributed by atoms with Gasteiger partial charge in [0.05, 0.1) is 17.2 Å². The van der Waals surface area contributed by atoms with E-state index >= 15 is 0 Å². The number of nitrogens with one attached hydrogen (secondary N) is 2. The molecule has 2 amide bonds. The second-order valence-corrected chi connectivity index (χ2v) is 4.84. The highest BCUT2D eigenvalue weighted by Crippen LogP contribution is 2.20. The molecule has 1 aromatic rings. The van der Waals surface area contributed by atoms with Gasteiger partial charge in [-0.05, 0) is 23.2 Å². The largest absolute Gasteiger partial charge is 0.491 e. The van der Waals surface area contributed by atoms with Gasteiger partial charge in [0.15, 0.2) is 0 Å². The lowest BCUT2D eigenvalue weighted by molar-refractivity contribution is -0.118. The van der Waals surface area contributed by atoms with Crippen LogP contribution in [0.5, 0.6) is 0 Å². The summed E-state index contributed by atoms with van der Waals surface area (Å²) in [6.45, 7) is 2.32. The molecule has 0 aliphatic carbocycles. The number of carbonyl (C=O) groups excluding carboxylic acids is 2. The minimum atomic E-state index is -1.02. The van der Waals surface area contributed by atoms with Crippen LogP contribution in [0.1, 0.15) is 22.8 Å². The molecule has 0 unspecified atom stereocenters. The van der Waals surface area contributed by atoms with Crippen LogP contribution in [-0.2, 0) is 16.1 Å². The molecule has 1 aromatic carbocycles. The zero-order valence-electron chi connectivity index (χ0n) is 10.9. The molecule has 1 aliphatic heterocycles. The number of benzene rings is 1.